The third-order valence-corrected chi connectivity index (χ3v) is 4.63. The van der Waals surface area contributed by atoms with Crippen LogP contribution >= 0.6 is 22.9 Å². The SMILES string of the molecule is CCc1nn(CC)c(CC(O)Cc2nc(C)cs2)c1Cl. The lowest BCUT2D eigenvalue weighted by Crippen LogP contribution is -2.17. The third kappa shape index (κ3) is 3.40. The van der Waals surface area contributed by atoms with Crippen LogP contribution in [0, 0.1) is 6.92 Å². The minimum atomic E-state index is -0.482. The van der Waals surface area contributed by atoms with Gasteiger partial charge in [-0.25, -0.2) is 4.98 Å². The highest BCUT2D eigenvalue weighted by Gasteiger charge is 2.18. The maximum Gasteiger partial charge on any atom is 0.0954 e. The fraction of sp³-hybridized carbons (Fsp3) is 0.571. The Morgan fingerprint density at radius 1 is 1.40 bits per heavy atom. The zero-order valence-electron chi connectivity index (χ0n) is 12.1. The largest absolute Gasteiger partial charge is 0.392 e. The first kappa shape index (κ1) is 15.5. The number of aliphatic hydroxyl groups is 1. The molecule has 20 heavy (non-hydrogen) atoms. The van der Waals surface area contributed by atoms with Crippen LogP contribution in [0.5, 0.6) is 0 Å². The minimum Gasteiger partial charge on any atom is -0.392 e. The summed E-state index contributed by atoms with van der Waals surface area (Å²) in [6.07, 6.45) is 1.40. The Morgan fingerprint density at radius 2 is 2.15 bits per heavy atom. The van der Waals surface area contributed by atoms with E-state index in [1.807, 2.05) is 30.8 Å². The van der Waals surface area contributed by atoms with E-state index in [1.165, 1.54) is 0 Å². The van der Waals surface area contributed by atoms with Gasteiger partial charge >= 0.3 is 0 Å². The molecule has 2 heterocycles. The van der Waals surface area contributed by atoms with Gasteiger partial charge in [-0.3, -0.25) is 4.68 Å². The second kappa shape index (κ2) is 6.70. The summed E-state index contributed by atoms with van der Waals surface area (Å²) in [5.41, 5.74) is 2.83. The van der Waals surface area contributed by atoms with Gasteiger partial charge in [-0.1, -0.05) is 18.5 Å². The molecule has 1 N–H and O–H groups in total. The van der Waals surface area contributed by atoms with Gasteiger partial charge in [0.05, 0.1) is 27.5 Å². The molecular weight excluding hydrogens is 294 g/mol. The van der Waals surface area contributed by atoms with Crippen LogP contribution in [-0.2, 0) is 25.8 Å². The van der Waals surface area contributed by atoms with E-state index in [0.717, 1.165) is 35.1 Å². The molecule has 2 aromatic heterocycles. The smallest absolute Gasteiger partial charge is 0.0954 e. The van der Waals surface area contributed by atoms with Crippen molar-refractivity contribution in [2.45, 2.75) is 52.7 Å². The van der Waals surface area contributed by atoms with Gasteiger partial charge in [-0.05, 0) is 20.3 Å². The molecule has 4 nitrogen and oxygen atoms in total. The number of hydrogen-bond acceptors (Lipinski definition) is 4. The number of aliphatic hydroxyl groups excluding tert-OH is 1. The van der Waals surface area contributed by atoms with E-state index in [9.17, 15) is 5.11 Å². The molecule has 0 aromatic carbocycles. The molecule has 0 amide bonds. The molecule has 0 bridgehead atoms. The topological polar surface area (TPSA) is 50.9 Å². The van der Waals surface area contributed by atoms with Crippen LogP contribution in [0.15, 0.2) is 5.38 Å². The summed E-state index contributed by atoms with van der Waals surface area (Å²) in [7, 11) is 0. The number of rotatable bonds is 6. The summed E-state index contributed by atoms with van der Waals surface area (Å²) in [6, 6.07) is 0. The molecule has 110 valence electrons. The highest BCUT2D eigenvalue weighted by atomic mass is 35.5. The highest BCUT2D eigenvalue weighted by molar-refractivity contribution is 7.09. The zero-order chi connectivity index (χ0) is 14.7. The fourth-order valence-corrected chi connectivity index (χ4v) is 3.40. The predicted molar refractivity (Wildman–Crippen MR) is 82.6 cm³/mol. The van der Waals surface area contributed by atoms with E-state index in [1.54, 1.807) is 11.3 Å². The van der Waals surface area contributed by atoms with Crippen molar-refractivity contribution in [3.8, 4) is 0 Å². The molecule has 1 unspecified atom stereocenters. The molecular formula is C14H20ClN3OS. The minimum absolute atomic E-state index is 0.482. The van der Waals surface area contributed by atoms with Crippen LogP contribution in [0.3, 0.4) is 0 Å². The Labute approximate surface area is 128 Å². The lowest BCUT2D eigenvalue weighted by Gasteiger charge is -2.10. The second-order valence-electron chi connectivity index (χ2n) is 4.82. The average Bonchev–Trinajstić information content (AvgIpc) is 2.95. The molecule has 6 heteroatoms. The molecule has 0 fully saturated rings. The van der Waals surface area contributed by atoms with Gasteiger partial charge in [0.1, 0.15) is 0 Å². The molecule has 1 atom stereocenters. The predicted octanol–water partition coefficient (Wildman–Crippen LogP) is 3.03. The molecule has 2 rings (SSSR count). The molecule has 0 aliphatic carbocycles. The van der Waals surface area contributed by atoms with Crippen LogP contribution in [0.4, 0.5) is 0 Å². The van der Waals surface area contributed by atoms with Gasteiger partial charge in [0.15, 0.2) is 0 Å². The van der Waals surface area contributed by atoms with Gasteiger partial charge < -0.3 is 5.11 Å². The Bertz CT molecular complexity index is 579. The Balaban J connectivity index is 2.10. The monoisotopic (exact) mass is 313 g/mol. The van der Waals surface area contributed by atoms with Gasteiger partial charge in [0.2, 0.25) is 0 Å². The molecule has 0 saturated heterocycles. The summed E-state index contributed by atoms with van der Waals surface area (Å²) < 4.78 is 1.89. The standard InChI is InChI=1S/C14H20ClN3OS/c1-4-11-14(15)12(18(5-2)17-11)6-10(19)7-13-16-9(3)8-20-13/h8,10,19H,4-7H2,1-3H3. The fourth-order valence-electron chi connectivity index (χ4n) is 2.21. The Hall–Kier alpha value is -0.910. The van der Waals surface area contributed by atoms with Gasteiger partial charge in [-0.2, -0.15) is 5.10 Å². The summed E-state index contributed by atoms with van der Waals surface area (Å²) in [6.45, 7) is 6.79. The maximum absolute atomic E-state index is 10.3. The maximum atomic E-state index is 10.3. The number of aromatic nitrogens is 3. The van der Waals surface area contributed by atoms with Crippen LogP contribution in [0.2, 0.25) is 5.02 Å². The van der Waals surface area contributed by atoms with Crippen molar-refractivity contribution < 1.29 is 5.11 Å². The van der Waals surface area contributed by atoms with E-state index < -0.39 is 6.10 Å². The number of halogens is 1. The lowest BCUT2D eigenvalue weighted by atomic mass is 10.1. The molecule has 0 aliphatic heterocycles. The number of nitrogens with zero attached hydrogens (tertiary/aromatic N) is 3. The molecule has 0 saturated carbocycles. The van der Waals surface area contributed by atoms with E-state index in [0.29, 0.717) is 17.9 Å². The number of aryl methyl sites for hydroxylation is 3. The van der Waals surface area contributed by atoms with E-state index >= 15 is 0 Å². The third-order valence-electron chi connectivity index (χ3n) is 3.20. The first-order valence-corrected chi connectivity index (χ1v) is 8.14. The van der Waals surface area contributed by atoms with Crippen molar-refractivity contribution in [1.82, 2.24) is 14.8 Å². The lowest BCUT2D eigenvalue weighted by molar-refractivity contribution is 0.172. The van der Waals surface area contributed by atoms with E-state index in [4.69, 9.17) is 11.6 Å². The molecule has 2 aromatic rings. The van der Waals surface area contributed by atoms with Crippen molar-refractivity contribution >= 4 is 22.9 Å². The molecule has 0 radical (unpaired) electrons. The molecule has 0 aliphatic rings. The second-order valence-corrected chi connectivity index (χ2v) is 6.14. The van der Waals surface area contributed by atoms with Crippen LogP contribution in [0.25, 0.3) is 0 Å². The van der Waals surface area contributed by atoms with Crippen LogP contribution < -0.4 is 0 Å². The van der Waals surface area contributed by atoms with E-state index in [2.05, 4.69) is 10.1 Å². The number of hydrogen-bond donors (Lipinski definition) is 1. The summed E-state index contributed by atoms with van der Waals surface area (Å²) in [4.78, 5) is 4.38. The highest BCUT2D eigenvalue weighted by Crippen LogP contribution is 2.24. The number of thiazole rings is 1. The Morgan fingerprint density at radius 3 is 2.70 bits per heavy atom. The van der Waals surface area contributed by atoms with Crippen molar-refractivity contribution in [2.24, 2.45) is 0 Å². The summed E-state index contributed by atoms with van der Waals surface area (Å²) in [5.74, 6) is 0. The quantitative estimate of drug-likeness (QED) is 0.892. The average molecular weight is 314 g/mol. The normalized spacial score (nSPS) is 12.8. The van der Waals surface area contributed by atoms with Gasteiger partial charge in [-0.15, -0.1) is 11.3 Å². The van der Waals surface area contributed by atoms with Gasteiger partial charge in [0, 0.05) is 30.5 Å². The van der Waals surface area contributed by atoms with Crippen molar-refractivity contribution in [3.63, 3.8) is 0 Å². The Kier molecular flexibility index (Phi) is 5.18. The summed E-state index contributed by atoms with van der Waals surface area (Å²) in [5, 5.41) is 18.4. The first-order valence-electron chi connectivity index (χ1n) is 6.88. The van der Waals surface area contributed by atoms with Crippen LogP contribution in [-0.4, -0.2) is 26.0 Å². The van der Waals surface area contributed by atoms with Crippen molar-refractivity contribution in [3.05, 3.63) is 32.5 Å². The molecule has 0 spiro atoms. The first-order chi connectivity index (χ1) is 9.55. The van der Waals surface area contributed by atoms with Crippen molar-refractivity contribution in [1.29, 1.82) is 0 Å². The van der Waals surface area contributed by atoms with Crippen LogP contribution in [0.1, 0.15) is 35.9 Å². The van der Waals surface area contributed by atoms with Gasteiger partial charge in [0.25, 0.3) is 0 Å². The zero-order valence-corrected chi connectivity index (χ0v) is 13.6. The van der Waals surface area contributed by atoms with E-state index in [-0.39, 0.29) is 0 Å². The van der Waals surface area contributed by atoms with Crippen molar-refractivity contribution in [2.75, 3.05) is 0 Å². The summed E-state index contributed by atoms with van der Waals surface area (Å²) >= 11 is 7.94.